The van der Waals surface area contributed by atoms with Crippen molar-refractivity contribution in [2.45, 2.75) is 13.1 Å². The van der Waals surface area contributed by atoms with Crippen LogP contribution in [0.2, 0.25) is 0 Å². The molecule has 6 nitrogen and oxygen atoms in total. The third-order valence-corrected chi connectivity index (χ3v) is 2.66. The number of hydrogen-bond donors (Lipinski definition) is 2. The summed E-state index contributed by atoms with van der Waals surface area (Å²) in [6, 6.07) is 8.07. The molecule has 0 radical (unpaired) electrons. The minimum Gasteiger partial charge on any atom is -0.351 e. The second-order valence-corrected chi connectivity index (χ2v) is 4.22. The molecule has 1 amide bonds. The number of aromatic nitrogens is 3. The summed E-state index contributed by atoms with van der Waals surface area (Å²) >= 11 is 0. The summed E-state index contributed by atoms with van der Waals surface area (Å²) in [6.07, 6.45) is 3.21. The summed E-state index contributed by atoms with van der Waals surface area (Å²) in [5.41, 5.74) is 2.22. The van der Waals surface area contributed by atoms with Gasteiger partial charge in [-0.25, -0.2) is 9.67 Å². The van der Waals surface area contributed by atoms with Crippen molar-refractivity contribution in [2.75, 3.05) is 13.6 Å². The molecule has 0 saturated heterocycles. The molecule has 0 unspecified atom stereocenters. The highest BCUT2D eigenvalue weighted by molar-refractivity contribution is 5.85. The molecule has 21 heavy (non-hydrogen) atoms. The Kier molecular flexibility index (Phi) is 9.36. The summed E-state index contributed by atoms with van der Waals surface area (Å²) in [5, 5.41) is 9.70. The normalized spacial score (nSPS) is 9.38. The molecular weight excluding hydrogens is 313 g/mol. The summed E-state index contributed by atoms with van der Waals surface area (Å²) in [5.74, 6) is -0.00538. The van der Waals surface area contributed by atoms with Gasteiger partial charge in [0.15, 0.2) is 0 Å². The predicted octanol–water partition coefficient (Wildman–Crippen LogP) is 1.01. The quantitative estimate of drug-likeness (QED) is 0.828. The Hall–Kier alpha value is -1.63. The molecule has 0 spiro atoms. The summed E-state index contributed by atoms with van der Waals surface area (Å²) in [4.78, 5) is 15.2. The van der Waals surface area contributed by atoms with E-state index in [-0.39, 0.29) is 30.7 Å². The molecule has 1 aromatic heterocycles. The van der Waals surface area contributed by atoms with Crippen molar-refractivity contribution in [1.82, 2.24) is 25.4 Å². The van der Waals surface area contributed by atoms with Crippen molar-refractivity contribution in [3.63, 3.8) is 0 Å². The van der Waals surface area contributed by atoms with Crippen LogP contribution in [-0.4, -0.2) is 34.3 Å². The molecule has 0 saturated carbocycles. The minimum absolute atomic E-state index is 0. The van der Waals surface area contributed by atoms with Gasteiger partial charge in [-0.2, -0.15) is 5.10 Å². The fourth-order valence-electron chi connectivity index (χ4n) is 1.69. The molecule has 116 valence electrons. The Balaban J connectivity index is 0.00000200. The smallest absolute Gasteiger partial charge is 0.234 e. The van der Waals surface area contributed by atoms with Crippen molar-refractivity contribution in [3.05, 3.63) is 48.0 Å². The van der Waals surface area contributed by atoms with E-state index in [0.29, 0.717) is 19.6 Å². The van der Waals surface area contributed by atoms with Gasteiger partial charge in [-0.15, -0.1) is 24.8 Å². The van der Waals surface area contributed by atoms with Crippen LogP contribution < -0.4 is 10.6 Å². The van der Waals surface area contributed by atoms with Gasteiger partial charge in [-0.3, -0.25) is 4.79 Å². The largest absolute Gasteiger partial charge is 0.351 e. The number of hydrogen-bond acceptors (Lipinski definition) is 4. The lowest BCUT2D eigenvalue weighted by molar-refractivity contribution is -0.120. The molecule has 0 aliphatic carbocycles. The Morgan fingerprint density at radius 3 is 2.43 bits per heavy atom. The average molecular weight is 332 g/mol. The van der Waals surface area contributed by atoms with Gasteiger partial charge in [0.1, 0.15) is 12.7 Å². The zero-order valence-corrected chi connectivity index (χ0v) is 13.3. The first-order valence-electron chi connectivity index (χ1n) is 6.09. The van der Waals surface area contributed by atoms with Crippen LogP contribution in [0.1, 0.15) is 11.1 Å². The molecule has 1 heterocycles. The summed E-state index contributed by atoms with van der Waals surface area (Å²) in [6.45, 7) is 1.58. The van der Waals surface area contributed by atoms with Crippen LogP contribution in [0.5, 0.6) is 0 Å². The van der Waals surface area contributed by atoms with Crippen LogP contribution in [0.4, 0.5) is 0 Å². The van der Waals surface area contributed by atoms with Crippen LogP contribution in [-0.2, 0) is 17.9 Å². The van der Waals surface area contributed by atoms with Gasteiger partial charge in [-0.05, 0) is 18.2 Å². The molecule has 0 aliphatic heterocycles. The van der Waals surface area contributed by atoms with E-state index in [1.807, 2.05) is 24.3 Å². The lowest BCUT2D eigenvalue weighted by Gasteiger charge is -2.06. The maximum absolute atomic E-state index is 11.3. The van der Waals surface area contributed by atoms with Crippen molar-refractivity contribution in [2.24, 2.45) is 0 Å². The van der Waals surface area contributed by atoms with Gasteiger partial charge in [-0.1, -0.05) is 24.3 Å². The molecule has 2 aromatic rings. The number of amides is 1. The van der Waals surface area contributed by atoms with E-state index in [9.17, 15) is 4.79 Å². The molecule has 8 heteroatoms. The number of carbonyl (C=O) groups excluding carboxylic acids is 1. The Morgan fingerprint density at radius 2 is 1.86 bits per heavy atom. The molecule has 0 atom stereocenters. The van der Waals surface area contributed by atoms with Crippen LogP contribution >= 0.6 is 24.8 Å². The zero-order chi connectivity index (χ0) is 13.5. The summed E-state index contributed by atoms with van der Waals surface area (Å²) in [7, 11) is 1.75. The highest BCUT2D eigenvalue weighted by atomic mass is 35.5. The third-order valence-electron chi connectivity index (χ3n) is 2.66. The Morgan fingerprint density at radius 1 is 1.19 bits per heavy atom. The molecule has 0 aliphatic rings. The van der Waals surface area contributed by atoms with E-state index >= 15 is 0 Å². The Labute approximate surface area is 136 Å². The Bertz CT molecular complexity index is 516. The van der Waals surface area contributed by atoms with Crippen molar-refractivity contribution >= 4 is 30.7 Å². The van der Waals surface area contributed by atoms with Crippen LogP contribution in [0, 0.1) is 0 Å². The molecule has 0 bridgehead atoms. The van der Waals surface area contributed by atoms with Crippen molar-refractivity contribution < 1.29 is 4.79 Å². The number of halogens is 2. The first-order chi connectivity index (χ1) is 9.28. The van der Waals surface area contributed by atoms with E-state index in [0.717, 1.165) is 11.1 Å². The highest BCUT2D eigenvalue weighted by Gasteiger charge is 2.00. The van der Waals surface area contributed by atoms with Crippen molar-refractivity contribution in [1.29, 1.82) is 0 Å². The number of nitrogens with one attached hydrogen (secondary N) is 2. The monoisotopic (exact) mass is 331 g/mol. The highest BCUT2D eigenvalue weighted by Crippen LogP contribution is 2.05. The van der Waals surface area contributed by atoms with Gasteiger partial charge < -0.3 is 10.6 Å². The maximum Gasteiger partial charge on any atom is 0.234 e. The molecule has 2 rings (SSSR count). The number of nitrogens with zero attached hydrogens (tertiary/aromatic N) is 3. The van der Waals surface area contributed by atoms with Crippen LogP contribution in [0.15, 0.2) is 36.9 Å². The van der Waals surface area contributed by atoms with Crippen molar-refractivity contribution in [3.8, 4) is 0 Å². The lowest BCUT2D eigenvalue weighted by atomic mass is 10.1. The standard InChI is InChI=1S/C13H17N5O.2ClH/c1-14-7-13(19)16-6-11-2-4-12(5-3-11)8-18-10-15-9-17-18;;/h2-5,9-10,14H,6-8H2,1H3,(H,16,19);2*1H. The molecule has 2 N–H and O–H groups in total. The molecule has 0 fully saturated rings. The van der Waals surface area contributed by atoms with Gasteiger partial charge in [0.05, 0.1) is 13.1 Å². The fourth-order valence-corrected chi connectivity index (χ4v) is 1.69. The lowest BCUT2D eigenvalue weighted by Crippen LogP contribution is -2.31. The van der Waals surface area contributed by atoms with Crippen LogP contribution in [0.25, 0.3) is 0 Å². The van der Waals surface area contributed by atoms with Gasteiger partial charge in [0.25, 0.3) is 0 Å². The minimum atomic E-state index is -0.00538. The zero-order valence-electron chi connectivity index (χ0n) is 11.7. The molecular formula is C13H19Cl2N5O. The van der Waals surface area contributed by atoms with E-state index in [1.54, 1.807) is 18.1 Å². The third kappa shape index (κ3) is 6.57. The molecule has 1 aromatic carbocycles. The van der Waals surface area contributed by atoms with Crippen LogP contribution in [0.3, 0.4) is 0 Å². The first kappa shape index (κ1) is 19.4. The number of carbonyl (C=O) groups is 1. The van der Waals surface area contributed by atoms with Gasteiger partial charge in [0.2, 0.25) is 5.91 Å². The maximum atomic E-state index is 11.3. The predicted molar refractivity (Wildman–Crippen MR) is 85.8 cm³/mol. The van der Waals surface area contributed by atoms with E-state index in [2.05, 4.69) is 20.7 Å². The topological polar surface area (TPSA) is 71.8 Å². The van der Waals surface area contributed by atoms with E-state index in [4.69, 9.17) is 0 Å². The second kappa shape index (κ2) is 10.1. The van der Waals surface area contributed by atoms with Gasteiger partial charge >= 0.3 is 0 Å². The average Bonchev–Trinajstić information content (AvgIpc) is 2.91. The fraction of sp³-hybridized carbons (Fsp3) is 0.308. The van der Waals surface area contributed by atoms with Gasteiger partial charge in [0, 0.05) is 6.54 Å². The second-order valence-electron chi connectivity index (χ2n) is 4.22. The number of rotatable bonds is 6. The summed E-state index contributed by atoms with van der Waals surface area (Å²) < 4.78 is 1.77. The SMILES string of the molecule is CNCC(=O)NCc1ccc(Cn2cncn2)cc1.Cl.Cl. The first-order valence-corrected chi connectivity index (χ1v) is 6.09. The van der Waals surface area contributed by atoms with E-state index < -0.39 is 0 Å². The number of likely N-dealkylation sites (N-methyl/N-ethyl adjacent to an activating group) is 1. The number of benzene rings is 1. The van der Waals surface area contributed by atoms with E-state index in [1.165, 1.54) is 6.33 Å².